The van der Waals surface area contributed by atoms with Gasteiger partial charge in [0.2, 0.25) is 5.91 Å². The molecule has 0 fully saturated rings. The van der Waals surface area contributed by atoms with Crippen LogP contribution in [0.4, 0.5) is 4.39 Å². The van der Waals surface area contributed by atoms with Crippen LogP contribution >= 0.6 is 11.3 Å². The molecule has 2 amide bonds. The van der Waals surface area contributed by atoms with Gasteiger partial charge in [0, 0.05) is 24.9 Å². The van der Waals surface area contributed by atoms with E-state index in [4.69, 9.17) is 4.74 Å². The van der Waals surface area contributed by atoms with E-state index < -0.39 is 0 Å². The van der Waals surface area contributed by atoms with Gasteiger partial charge in [0.25, 0.3) is 5.91 Å². The van der Waals surface area contributed by atoms with Crippen LogP contribution in [0.25, 0.3) is 0 Å². The minimum absolute atomic E-state index is 0.0567. The predicted molar refractivity (Wildman–Crippen MR) is 139 cm³/mol. The van der Waals surface area contributed by atoms with Gasteiger partial charge in [-0.2, -0.15) is 0 Å². The summed E-state index contributed by atoms with van der Waals surface area (Å²) in [5.41, 5.74) is 3.13. The van der Waals surface area contributed by atoms with E-state index in [1.165, 1.54) is 23.5 Å². The van der Waals surface area contributed by atoms with Crippen molar-refractivity contribution in [1.29, 1.82) is 0 Å². The number of thiazole rings is 1. The average Bonchev–Trinajstić information content (AvgIpc) is 3.34. The molecule has 0 bridgehead atoms. The topological polar surface area (TPSA) is 71.5 Å². The highest BCUT2D eigenvalue weighted by atomic mass is 32.1. The lowest BCUT2D eigenvalue weighted by Gasteiger charge is -2.38. The van der Waals surface area contributed by atoms with E-state index in [1.807, 2.05) is 43.0 Å². The standard InChI is InChI=1S/C28H30FN3O3S/c1-4-11-30-28(34)24-17-36-25(31-24)16-35-22-9-8-19-10-12-32(26(33)13-18(2)3)27(23(19)15-22)20-6-5-7-21(29)14-20/h4-9,14-15,17-18,27H,1,10-13,16H2,2-3H3,(H,30,34)/t27-/m0/s1. The van der Waals surface area contributed by atoms with Gasteiger partial charge in [-0.05, 0) is 53.3 Å². The van der Waals surface area contributed by atoms with Crippen molar-refractivity contribution in [3.05, 3.63) is 93.7 Å². The van der Waals surface area contributed by atoms with E-state index in [-0.39, 0.29) is 36.2 Å². The minimum Gasteiger partial charge on any atom is -0.486 e. The van der Waals surface area contributed by atoms with Gasteiger partial charge in [0.1, 0.15) is 28.9 Å². The normalized spacial score (nSPS) is 14.9. The molecule has 8 heteroatoms. The van der Waals surface area contributed by atoms with Gasteiger partial charge in [-0.15, -0.1) is 17.9 Å². The maximum Gasteiger partial charge on any atom is 0.271 e. The van der Waals surface area contributed by atoms with Crippen LogP contribution in [0.1, 0.15) is 58.5 Å². The first kappa shape index (κ1) is 25.6. The molecular weight excluding hydrogens is 477 g/mol. The van der Waals surface area contributed by atoms with Gasteiger partial charge in [-0.3, -0.25) is 9.59 Å². The summed E-state index contributed by atoms with van der Waals surface area (Å²) < 4.78 is 20.2. The Morgan fingerprint density at radius 1 is 1.31 bits per heavy atom. The molecule has 1 atom stereocenters. The highest BCUT2D eigenvalue weighted by Gasteiger charge is 2.32. The fourth-order valence-electron chi connectivity index (χ4n) is 4.34. The zero-order chi connectivity index (χ0) is 25.7. The summed E-state index contributed by atoms with van der Waals surface area (Å²) in [4.78, 5) is 31.5. The summed E-state index contributed by atoms with van der Waals surface area (Å²) in [6, 6.07) is 11.9. The lowest BCUT2D eigenvalue weighted by molar-refractivity contribution is -0.134. The van der Waals surface area contributed by atoms with E-state index in [1.54, 1.807) is 17.5 Å². The summed E-state index contributed by atoms with van der Waals surface area (Å²) in [5.74, 6) is 0.321. The minimum atomic E-state index is -0.390. The van der Waals surface area contributed by atoms with Crippen LogP contribution in [0.5, 0.6) is 5.75 Å². The summed E-state index contributed by atoms with van der Waals surface area (Å²) in [5, 5.41) is 5.08. The molecule has 0 spiro atoms. The number of nitrogens with zero attached hydrogens (tertiary/aromatic N) is 2. The number of halogens is 1. The van der Waals surface area contributed by atoms with Gasteiger partial charge < -0.3 is 15.0 Å². The number of rotatable bonds is 9. The van der Waals surface area contributed by atoms with Gasteiger partial charge in [0.05, 0.1) is 6.04 Å². The highest BCUT2D eigenvalue weighted by Crippen LogP contribution is 2.38. The van der Waals surface area contributed by atoms with Crippen LogP contribution in [-0.4, -0.2) is 34.8 Å². The maximum absolute atomic E-state index is 14.2. The Morgan fingerprint density at radius 2 is 2.14 bits per heavy atom. The van der Waals surface area contributed by atoms with E-state index >= 15 is 0 Å². The van der Waals surface area contributed by atoms with Crippen LogP contribution in [0.15, 0.2) is 60.5 Å². The van der Waals surface area contributed by atoms with Gasteiger partial charge in [0.15, 0.2) is 0 Å². The van der Waals surface area contributed by atoms with Crippen molar-refractivity contribution in [3.8, 4) is 5.75 Å². The third kappa shape index (κ3) is 5.99. The molecule has 1 N–H and O–H groups in total. The first-order chi connectivity index (χ1) is 17.4. The molecule has 3 aromatic rings. The van der Waals surface area contributed by atoms with Crippen molar-refractivity contribution in [2.24, 2.45) is 5.92 Å². The number of benzene rings is 2. The number of carbonyl (C=O) groups is 2. The molecule has 1 aromatic heterocycles. The molecule has 0 unspecified atom stereocenters. The molecule has 36 heavy (non-hydrogen) atoms. The number of carbonyl (C=O) groups excluding carboxylic acids is 2. The van der Waals surface area contributed by atoms with E-state index in [2.05, 4.69) is 16.9 Å². The highest BCUT2D eigenvalue weighted by molar-refractivity contribution is 7.09. The lowest BCUT2D eigenvalue weighted by atomic mass is 9.87. The molecule has 4 rings (SSSR count). The third-order valence-electron chi connectivity index (χ3n) is 5.97. The quantitative estimate of drug-likeness (QED) is 0.399. The maximum atomic E-state index is 14.2. The van der Waals surface area contributed by atoms with Gasteiger partial charge in [-0.1, -0.05) is 38.1 Å². The Morgan fingerprint density at radius 3 is 2.89 bits per heavy atom. The SMILES string of the molecule is C=CCNC(=O)c1csc(COc2ccc3c(c2)[C@H](c2cccc(F)c2)N(C(=O)CC(C)C)CC3)n1. The number of amides is 2. The Labute approximate surface area is 214 Å². The molecule has 1 aliphatic heterocycles. The number of aromatic nitrogens is 1. The molecule has 0 aliphatic carbocycles. The number of hydrogen-bond donors (Lipinski definition) is 1. The molecule has 0 radical (unpaired) electrons. The molecular formula is C28H30FN3O3S. The van der Waals surface area contributed by atoms with Crippen molar-refractivity contribution in [3.63, 3.8) is 0 Å². The molecule has 2 heterocycles. The Kier molecular flexibility index (Phi) is 8.15. The lowest BCUT2D eigenvalue weighted by Crippen LogP contribution is -2.41. The van der Waals surface area contributed by atoms with Crippen LogP contribution in [-0.2, 0) is 17.8 Å². The van der Waals surface area contributed by atoms with Crippen LogP contribution < -0.4 is 10.1 Å². The fraction of sp³-hybridized carbons (Fsp3) is 0.321. The average molecular weight is 508 g/mol. The largest absolute Gasteiger partial charge is 0.486 e. The van der Waals surface area contributed by atoms with Gasteiger partial charge >= 0.3 is 0 Å². The van der Waals surface area contributed by atoms with Crippen LogP contribution in [0.2, 0.25) is 0 Å². The molecule has 188 valence electrons. The summed E-state index contributed by atoms with van der Waals surface area (Å²) in [6.45, 7) is 8.79. The molecule has 0 saturated heterocycles. The molecule has 1 aliphatic rings. The van der Waals surface area contributed by atoms with Crippen molar-refractivity contribution < 1.29 is 18.7 Å². The third-order valence-corrected chi connectivity index (χ3v) is 6.79. The molecule has 6 nitrogen and oxygen atoms in total. The molecule has 0 saturated carbocycles. The van der Waals surface area contributed by atoms with Crippen molar-refractivity contribution >= 4 is 23.2 Å². The van der Waals surface area contributed by atoms with Crippen LogP contribution in [0.3, 0.4) is 0 Å². The first-order valence-electron chi connectivity index (χ1n) is 12.0. The summed E-state index contributed by atoms with van der Waals surface area (Å²) in [6.07, 6.45) is 2.77. The monoisotopic (exact) mass is 507 g/mol. The summed E-state index contributed by atoms with van der Waals surface area (Å²) in [7, 11) is 0. The summed E-state index contributed by atoms with van der Waals surface area (Å²) >= 11 is 1.35. The number of hydrogen-bond acceptors (Lipinski definition) is 5. The zero-order valence-corrected chi connectivity index (χ0v) is 21.3. The molecule has 2 aromatic carbocycles. The van der Waals surface area contributed by atoms with E-state index in [0.717, 1.165) is 23.1 Å². The Balaban J connectivity index is 1.58. The first-order valence-corrected chi connectivity index (χ1v) is 12.9. The van der Waals surface area contributed by atoms with Crippen molar-refractivity contribution in [2.75, 3.05) is 13.1 Å². The van der Waals surface area contributed by atoms with Crippen molar-refractivity contribution in [1.82, 2.24) is 15.2 Å². The second kappa shape index (κ2) is 11.5. The van der Waals surface area contributed by atoms with Crippen molar-refractivity contribution in [2.45, 2.75) is 39.3 Å². The number of ether oxygens (including phenoxy) is 1. The fourth-order valence-corrected chi connectivity index (χ4v) is 5.02. The predicted octanol–water partition coefficient (Wildman–Crippen LogP) is 5.30. The Hall–Kier alpha value is -3.52. The number of nitrogens with one attached hydrogen (secondary N) is 1. The number of fused-ring (bicyclic) bond motifs is 1. The van der Waals surface area contributed by atoms with Gasteiger partial charge in [-0.25, -0.2) is 9.37 Å². The zero-order valence-electron chi connectivity index (χ0n) is 20.5. The Bertz CT molecular complexity index is 1260. The van der Waals surface area contributed by atoms with Crippen LogP contribution in [0, 0.1) is 11.7 Å². The smallest absolute Gasteiger partial charge is 0.271 e. The van der Waals surface area contributed by atoms with E-state index in [0.29, 0.717) is 36.0 Å². The second-order valence-electron chi connectivity index (χ2n) is 9.17. The van der Waals surface area contributed by atoms with E-state index in [9.17, 15) is 14.0 Å². The second-order valence-corrected chi connectivity index (χ2v) is 10.1.